The summed E-state index contributed by atoms with van der Waals surface area (Å²) in [5.41, 5.74) is -0.303. The molecule has 0 aromatic carbocycles. The summed E-state index contributed by atoms with van der Waals surface area (Å²) in [6.07, 6.45) is 1.35. The molecule has 0 radical (unpaired) electrons. The first-order valence-corrected chi connectivity index (χ1v) is 1.93. The second-order valence-corrected chi connectivity index (χ2v) is 1.12. The molecule has 1 rings (SSSR count). The summed E-state index contributed by atoms with van der Waals surface area (Å²) in [4.78, 5) is 10.1. The molecule has 0 amide bonds. The van der Waals surface area contributed by atoms with Crippen molar-refractivity contribution in [3.63, 3.8) is 0 Å². The topological polar surface area (TPSA) is 61.7 Å². The van der Waals surface area contributed by atoms with Gasteiger partial charge in [0, 0.05) is 23.4 Å². The number of rotatable bonds is 0. The molecular weight excluding hydrogens is 160 g/mol. The molecule has 0 unspecified atom stereocenters. The molecule has 50 valence electrons. The second kappa shape index (κ2) is 5.58. The van der Waals surface area contributed by atoms with E-state index in [1.54, 1.807) is 12.1 Å². The van der Waals surface area contributed by atoms with Crippen LogP contribution >= 0.6 is 0 Å². The molecule has 0 aliphatic heterocycles. The molecule has 1 aromatic rings. The first kappa shape index (κ1) is 11.3. The summed E-state index contributed by atoms with van der Waals surface area (Å²) in [7, 11) is 0. The van der Waals surface area contributed by atoms with Gasteiger partial charge in [0.2, 0.25) is 0 Å². The largest absolute Gasteiger partial charge is 0.431 e. The molecule has 0 fully saturated rings. The van der Waals surface area contributed by atoms with E-state index in [0.29, 0.717) is 0 Å². The summed E-state index contributed by atoms with van der Waals surface area (Å²) in [6.45, 7) is 0. The van der Waals surface area contributed by atoms with Crippen LogP contribution in [0.4, 0.5) is 0 Å². The van der Waals surface area contributed by atoms with Gasteiger partial charge in [-0.05, 0) is 6.07 Å². The average Bonchev–Trinajstić information content (AvgIpc) is 1.69. The van der Waals surface area contributed by atoms with E-state index in [2.05, 4.69) is 4.42 Å². The molecule has 3 nitrogen and oxygen atoms in total. The van der Waals surface area contributed by atoms with E-state index in [0.717, 1.165) is 0 Å². The van der Waals surface area contributed by atoms with Crippen LogP contribution in [0.3, 0.4) is 0 Å². The maximum atomic E-state index is 10.1. The van der Waals surface area contributed by atoms with E-state index in [1.165, 1.54) is 12.3 Å². The van der Waals surface area contributed by atoms with Gasteiger partial charge in [-0.25, -0.2) is 4.79 Å². The van der Waals surface area contributed by atoms with Crippen LogP contribution in [0.5, 0.6) is 0 Å². The van der Waals surface area contributed by atoms with Gasteiger partial charge >= 0.3 is 5.63 Å². The van der Waals surface area contributed by atoms with E-state index in [9.17, 15) is 4.79 Å². The Balaban J connectivity index is 0. The predicted molar refractivity (Wildman–Crippen MR) is 28.6 cm³/mol. The molecule has 0 aliphatic rings. The monoisotopic (exact) mass is 166 g/mol. The summed E-state index contributed by atoms with van der Waals surface area (Å²) in [6, 6.07) is 4.65. The molecule has 2 N–H and O–H groups in total. The third kappa shape index (κ3) is 3.98. The predicted octanol–water partition coefficient (Wildman–Crippen LogP) is -0.187. The van der Waals surface area contributed by atoms with E-state index in [1.807, 2.05) is 0 Å². The molecular formula is C5H6CrO3. The number of hydrogen-bond donors (Lipinski definition) is 0. The Labute approximate surface area is 62.8 Å². The van der Waals surface area contributed by atoms with Crippen LogP contribution in [0.15, 0.2) is 33.7 Å². The molecule has 0 spiro atoms. The second-order valence-electron chi connectivity index (χ2n) is 1.12. The molecule has 0 saturated carbocycles. The van der Waals surface area contributed by atoms with Gasteiger partial charge in [0.05, 0.1) is 6.26 Å². The van der Waals surface area contributed by atoms with Crippen LogP contribution < -0.4 is 5.63 Å². The van der Waals surface area contributed by atoms with Crippen molar-refractivity contribution in [1.82, 2.24) is 0 Å². The molecule has 9 heavy (non-hydrogen) atoms. The summed E-state index contributed by atoms with van der Waals surface area (Å²) in [5.74, 6) is 0. The van der Waals surface area contributed by atoms with E-state index < -0.39 is 0 Å². The smallest absolute Gasteiger partial charge is 0.335 e. The minimum absolute atomic E-state index is 0. The van der Waals surface area contributed by atoms with Gasteiger partial charge in [0.1, 0.15) is 0 Å². The van der Waals surface area contributed by atoms with E-state index in [4.69, 9.17) is 0 Å². The van der Waals surface area contributed by atoms with Crippen LogP contribution in [0.1, 0.15) is 0 Å². The molecule has 0 atom stereocenters. The van der Waals surface area contributed by atoms with Crippen LogP contribution in [-0.4, -0.2) is 5.48 Å². The van der Waals surface area contributed by atoms with Gasteiger partial charge < -0.3 is 9.89 Å². The summed E-state index contributed by atoms with van der Waals surface area (Å²) in [5, 5.41) is 0. The Morgan fingerprint density at radius 3 is 2.22 bits per heavy atom. The van der Waals surface area contributed by atoms with Gasteiger partial charge in [-0.3, -0.25) is 0 Å². The third-order valence-electron chi connectivity index (χ3n) is 0.606. The maximum absolute atomic E-state index is 10.1. The fourth-order valence-corrected chi connectivity index (χ4v) is 0.325. The Morgan fingerprint density at radius 1 is 1.33 bits per heavy atom. The van der Waals surface area contributed by atoms with Crippen molar-refractivity contribution >= 4 is 0 Å². The Kier molecular flexibility index (Phi) is 6.98. The van der Waals surface area contributed by atoms with Gasteiger partial charge in [-0.2, -0.15) is 0 Å². The fourth-order valence-electron chi connectivity index (χ4n) is 0.325. The van der Waals surface area contributed by atoms with E-state index >= 15 is 0 Å². The Hall–Kier alpha value is -0.558. The van der Waals surface area contributed by atoms with Crippen LogP contribution in [0, 0.1) is 0 Å². The minimum Gasteiger partial charge on any atom is -0.431 e. The van der Waals surface area contributed by atoms with Crippen molar-refractivity contribution in [2.45, 2.75) is 0 Å². The summed E-state index contributed by atoms with van der Waals surface area (Å²) < 4.78 is 4.37. The van der Waals surface area contributed by atoms with Gasteiger partial charge in [-0.15, -0.1) is 0 Å². The van der Waals surface area contributed by atoms with Crippen LogP contribution in [0.25, 0.3) is 0 Å². The normalized spacial score (nSPS) is 6.67. The van der Waals surface area contributed by atoms with E-state index in [-0.39, 0.29) is 28.5 Å². The van der Waals surface area contributed by atoms with Crippen molar-refractivity contribution < 1.29 is 27.3 Å². The zero-order chi connectivity index (χ0) is 5.11. The van der Waals surface area contributed by atoms with Crippen molar-refractivity contribution in [3.05, 3.63) is 34.9 Å². The van der Waals surface area contributed by atoms with Crippen LogP contribution in [0.2, 0.25) is 0 Å². The third-order valence-corrected chi connectivity index (χ3v) is 0.606. The Bertz CT molecular complexity index is 178. The summed E-state index contributed by atoms with van der Waals surface area (Å²) >= 11 is 0. The number of hydrogen-bond acceptors (Lipinski definition) is 2. The quantitative estimate of drug-likeness (QED) is 0.536. The molecule has 0 bridgehead atoms. The van der Waals surface area contributed by atoms with Crippen molar-refractivity contribution in [3.8, 4) is 0 Å². The van der Waals surface area contributed by atoms with Gasteiger partial charge in [0.15, 0.2) is 0 Å². The standard InChI is InChI=1S/C5H4O2.Cr.H2O/c6-5-3-1-2-4-7-5;;/h1-4H;;1H2. The molecule has 1 heterocycles. The Morgan fingerprint density at radius 2 is 2.00 bits per heavy atom. The zero-order valence-corrected chi connectivity index (χ0v) is 5.81. The van der Waals surface area contributed by atoms with Crippen molar-refractivity contribution in [2.24, 2.45) is 0 Å². The SMILES string of the molecule is O.O=c1cccco1.[Cr]. The van der Waals surface area contributed by atoms with Crippen molar-refractivity contribution in [1.29, 1.82) is 0 Å². The maximum Gasteiger partial charge on any atom is 0.335 e. The molecule has 4 heteroatoms. The zero-order valence-electron chi connectivity index (χ0n) is 4.53. The van der Waals surface area contributed by atoms with Gasteiger partial charge in [0.25, 0.3) is 0 Å². The first-order chi connectivity index (χ1) is 3.39. The molecule has 0 aliphatic carbocycles. The van der Waals surface area contributed by atoms with Crippen molar-refractivity contribution in [2.75, 3.05) is 0 Å². The minimum atomic E-state index is -0.303. The molecule has 1 aromatic heterocycles. The average molecular weight is 166 g/mol. The first-order valence-electron chi connectivity index (χ1n) is 1.93. The fraction of sp³-hybridized carbons (Fsp3) is 0. The van der Waals surface area contributed by atoms with Crippen LogP contribution in [-0.2, 0) is 17.4 Å². The molecule has 0 saturated heterocycles. The van der Waals surface area contributed by atoms with Gasteiger partial charge in [-0.1, -0.05) is 6.07 Å².